The first-order valence-electron chi connectivity index (χ1n) is 9.50. The number of benzene rings is 3. The van der Waals surface area contributed by atoms with Crippen molar-refractivity contribution in [2.45, 2.75) is 0 Å². The molecule has 32 heavy (non-hydrogen) atoms. The molecular formula is C24H16Cl2N2O3S. The van der Waals surface area contributed by atoms with E-state index in [9.17, 15) is 9.59 Å². The number of anilines is 2. The van der Waals surface area contributed by atoms with Crippen molar-refractivity contribution in [3.05, 3.63) is 94.0 Å². The Kier molecular flexibility index (Phi) is 6.28. The Balaban J connectivity index is 1.90. The Morgan fingerprint density at radius 3 is 2.09 bits per heavy atom. The van der Waals surface area contributed by atoms with Gasteiger partial charge in [0.15, 0.2) is 5.11 Å². The average molecular weight is 483 g/mol. The normalized spacial score (nSPS) is 15.5. The molecule has 0 saturated carbocycles. The van der Waals surface area contributed by atoms with E-state index in [1.807, 2.05) is 6.07 Å². The molecule has 4 rings (SSSR count). The molecule has 1 aliphatic rings. The van der Waals surface area contributed by atoms with Gasteiger partial charge in [0.1, 0.15) is 11.3 Å². The second kappa shape index (κ2) is 9.12. The minimum absolute atomic E-state index is 0.0155. The van der Waals surface area contributed by atoms with Gasteiger partial charge in [0.05, 0.1) is 28.5 Å². The van der Waals surface area contributed by atoms with Crippen LogP contribution in [0.15, 0.2) is 78.4 Å². The summed E-state index contributed by atoms with van der Waals surface area (Å²) in [5.74, 6) is -0.578. The van der Waals surface area contributed by atoms with Gasteiger partial charge in [-0.2, -0.15) is 0 Å². The van der Waals surface area contributed by atoms with Crippen molar-refractivity contribution < 1.29 is 14.3 Å². The van der Waals surface area contributed by atoms with Gasteiger partial charge in [-0.15, -0.1) is 0 Å². The van der Waals surface area contributed by atoms with Gasteiger partial charge in [-0.25, -0.2) is 0 Å². The lowest BCUT2D eigenvalue weighted by molar-refractivity contribution is -0.120. The third kappa shape index (κ3) is 4.00. The maximum absolute atomic E-state index is 13.5. The molecule has 0 spiro atoms. The summed E-state index contributed by atoms with van der Waals surface area (Å²) in [6.45, 7) is 0. The van der Waals surface area contributed by atoms with Gasteiger partial charge in [-0.3, -0.25) is 19.4 Å². The first-order chi connectivity index (χ1) is 15.4. The smallest absolute Gasteiger partial charge is 0.270 e. The van der Waals surface area contributed by atoms with Crippen molar-refractivity contribution in [3.8, 4) is 5.75 Å². The largest absolute Gasteiger partial charge is 0.496 e. The van der Waals surface area contributed by atoms with Crippen molar-refractivity contribution in [2.24, 2.45) is 0 Å². The van der Waals surface area contributed by atoms with Crippen LogP contribution in [0.3, 0.4) is 0 Å². The summed E-state index contributed by atoms with van der Waals surface area (Å²) in [5, 5.41) is 0.617. The lowest BCUT2D eigenvalue weighted by atomic mass is 10.0. The molecule has 1 aliphatic heterocycles. The van der Waals surface area contributed by atoms with Gasteiger partial charge in [0, 0.05) is 5.56 Å². The molecule has 0 aliphatic carbocycles. The van der Waals surface area contributed by atoms with Crippen LogP contribution >= 0.6 is 35.4 Å². The van der Waals surface area contributed by atoms with Crippen LogP contribution in [0.1, 0.15) is 5.56 Å². The first-order valence-corrected chi connectivity index (χ1v) is 10.7. The predicted molar refractivity (Wildman–Crippen MR) is 131 cm³/mol. The molecule has 1 fully saturated rings. The lowest BCUT2D eigenvalue weighted by Crippen LogP contribution is -2.56. The maximum Gasteiger partial charge on any atom is 0.270 e. The van der Waals surface area contributed by atoms with Crippen LogP contribution in [0.25, 0.3) is 6.08 Å². The number of nitrogens with zero attached hydrogens (tertiary/aromatic N) is 2. The SMILES string of the molecule is COc1ccccc1C=C1C(=O)N(c2ccccc2)C(=S)N(c2ccc(Cl)c(Cl)c2)C1=O. The van der Waals surface area contributed by atoms with Crippen LogP contribution in [0.4, 0.5) is 11.4 Å². The first kappa shape index (κ1) is 22.0. The molecule has 0 N–H and O–H groups in total. The van der Waals surface area contributed by atoms with E-state index in [1.165, 1.54) is 29.1 Å². The summed E-state index contributed by atoms with van der Waals surface area (Å²) in [4.78, 5) is 29.6. The number of hydrogen-bond acceptors (Lipinski definition) is 4. The van der Waals surface area contributed by atoms with E-state index in [2.05, 4.69) is 0 Å². The van der Waals surface area contributed by atoms with Crippen molar-refractivity contribution in [1.29, 1.82) is 0 Å². The van der Waals surface area contributed by atoms with Crippen LogP contribution in [-0.4, -0.2) is 24.0 Å². The van der Waals surface area contributed by atoms with Gasteiger partial charge in [-0.05, 0) is 54.7 Å². The molecule has 160 valence electrons. The lowest BCUT2D eigenvalue weighted by Gasteiger charge is -2.36. The fourth-order valence-electron chi connectivity index (χ4n) is 3.33. The number of thiocarbonyl (C=S) groups is 1. The molecule has 0 aromatic heterocycles. The third-order valence-electron chi connectivity index (χ3n) is 4.86. The average Bonchev–Trinajstić information content (AvgIpc) is 2.80. The molecule has 0 atom stereocenters. The van der Waals surface area contributed by atoms with Crippen molar-refractivity contribution in [1.82, 2.24) is 0 Å². The van der Waals surface area contributed by atoms with E-state index < -0.39 is 11.8 Å². The van der Waals surface area contributed by atoms with Gasteiger partial charge in [0.2, 0.25) is 0 Å². The summed E-state index contributed by atoms with van der Waals surface area (Å²) in [7, 11) is 1.52. The van der Waals surface area contributed by atoms with Crippen LogP contribution < -0.4 is 14.5 Å². The van der Waals surface area contributed by atoms with Gasteiger partial charge in [0.25, 0.3) is 11.8 Å². The fraction of sp³-hybridized carbons (Fsp3) is 0.0417. The summed E-state index contributed by atoms with van der Waals surface area (Å²) in [6, 6.07) is 20.7. The van der Waals surface area contributed by atoms with Gasteiger partial charge >= 0.3 is 0 Å². The van der Waals surface area contributed by atoms with E-state index in [-0.39, 0.29) is 15.7 Å². The number of ether oxygens (including phenoxy) is 1. The minimum atomic E-state index is -0.573. The maximum atomic E-state index is 13.5. The number of amides is 2. The number of para-hydroxylation sites is 2. The highest BCUT2D eigenvalue weighted by Gasteiger charge is 2.41. The van der Waals surface area contributed by atoms with E-state index in [0.717, 1.165) is 0 Å². The van der Waals surface area contributed by atoms with E-state index in [4.69, 9.17) is 40.2 Å². The number of rotatable bonds is 4. The van der Waals surface area contributed by atoms with Crippen molar-refractivity contribution in [2.75, 3.05) is 16.9 Å². The zero-order valence-corrected chi connectivity index (χ0v) is 19.1. The Labute approximate surface area is 200 Å². The quantitative estimate of drug-likeness (QED) is 0.269. The molecule has 0 unspecified atom stereocenters. The van der Waals surface area contributed by atoms with Gasteiger partial charge < -0.3 is 4.74 Å². The molecule has 3 aromatic carbocycles. The highest BCUT2D eigenvalue weighted by Crippen LogP contribution is 2.33. The number of hydrogen-bond donors (Lipinski definition) is 0. The predicted octanol–water partition coefficient (Wildman–Crippen LogP) is 5.75. The second-order valence-corrected chi connectivity index (χ2v) is 7.98. The highest BCUT2D eigenvalue weighted by atomic mass is 35.5. The molecule has 0 bridgehead atoms. The summed E-state index contributed by atoms with van der Waals surface area (Å²) in [6.07, 6.45) is 1.51. The van der Waals surface area contributed by atoms with Crippen LogP contribution in [0, 0.1) is 0 Å². The number of methoxy groups -OCH3 is 1. The number of carbonyl (C=O) groups is 2. The van der Waals surface area contributed by atoms with Crippen LogP contribution in [-0.2, 0) is 9.59 Å². The van der Waals surface area contributed by atoms with E-state index in [1.54, 1.807) is 60.7 Å². The Hall–Kier alpha value is -3.19. The third-order valence-corrected chi connectivity index (χ3v) is 5.97. The zero-order valence-electron chi connectivity index (χ0n) is 16.8. The fourth-order valence-corrected chi connectivity index (χ4v) is 4.00. The minimum Gasteiger partial charge on any atom is -0.496 e. The number of carbonyl (C=O) groups excluding carboxylic acids is 2. The molecule has 1 saturated heterocycles. The molecule has 3 aromatic rings. The van der Waals surface area contributed by atoms with E-state index >= 15 is 0 Å². The van der Waals surface area contributed by atoms with Crippen molar-refractivity contribution in [3.63, 3.8) is 0 Å². The molecule has 2 amide bonds. The molecule has 8 heteroatoms. The molecule has 1 heterocycles. The highest BCUT2D eigenvalue weighted by molar-refractivity contribution is 7.81. The molecule has 0 radical (unpaired) electrons. The molecular weight excluding hydrogens is 467 g/mol. The zero-order chi connectivity index (χ0) is 22.8. The summed E-state index contributed by atoms with van der Waals surface area (Å²) >= 11 is 17.8. The Morgan fingerprint density at radius 2 is 1.44 bits per heavy atom. The Morgan fingerprint density at radius 1 is 0.812 bits per heavy atom. The van der Waals surface area contributed by atoms with Crippen LogP contribution in [0.2, 0.25) is 10.0 Å². The van der Waals surface area contributed by atoms with Crippen molar-refractivity contribution >= 4 is 69.8 Å². The summed E-state index contributed by atoms with van der Waals surface area (Å²) < 4.78 is 5.38. The molecule has 5 nitrogen and oxygen atoms in total. The monoisotopic (exact) mass is 482 g/mol. The van der Waals surface area contributed by atoms with Gasteiger partial charge in [-0.1, -0.05) is 59.6 Å². The topological polar surface area (TPSA) is 49.9 Å². The van der Waals surface area contributed by atoms with Crippen LogP contribution in [0.5, 0.6) is 5.75 Å². The standard InChI is InChI=1S/C24H16Cl2N2O3S/c1-31-21-10-6-5-7-15(21)13-18-22(29)27(16-8-3-2-4-9-16)24(32)28(23(18)30)17-11-12-19(25)20(26)14-17/h2-14H,1H3. The second-order valence-electron chi connectivity index (χ2n) is 6.80. The van der Waals surface area contributed by atoms with E-state index in [0.29, 0.717) is 27.7 Å². The summed E-state index contributed by atoms with van der Waals surface area (Å²) in [5.41, 5.74) is 1.44. The Bertz CT molecular complexity index is 1260. The number of halogens is 2.